The van der Waals surface area contributed by atoms with Gasteiger partial charge in [-0.25, -0.2) is 9.48 Å². The average Bonchev–Trinajstić information content (AvgIpc) is 3.27. The number of carboxylic acid groups (broad SMARTS) is 1. The zero-order valence-corrected chi connectivity index (χ0v) is 19.6. The van der Waals surface area contributed by atoms with Crippen LogP contribution in [0.25, 0.3) is 0 Å². The van der Waals surface area contributed by atoms with Crippen molar-refractivity contribution in [1.29, 1.82) is 0 Å². The average molecular weight is 529 g/mol. The molecule has 2 aromatic rings. The SMILES string of the molecule is Cc1nn(CC(=O)N[C@@H]2C(=O)N3C(C(=O)O)=C(CSc4nnnn4C)CS[C@H]23)cc1Br. The molecule has 31 heavy (non-hydrogen) atoms. The van der Waals surface area contributed by atoms with Crippen molar-refractivity contribution in [2.45, 2.75) is 30.0 Å². The zero-order chi connectivity index (χ0) is 22.3. The molecule has 4 heterocycles. The molecule has 164 valence electrons. The third-order valence-corrected chi connectivity index (χ3v) is 7.93. The number of thioether (sulfide) groups is 2. The molecule has 15 heteroatoms. The normalized spacial score (nSPS) is 20.5. The van der Waals surface area contributed by atoms with E-state index in [0.717, 1.165) is 10.2 Å². The van der Waals surface area contributed by atoms with Gasteiger partial charge < -0.3 is 10.4 Å². The van der Waals surface area contributed by atoms with E-state index in [1.807, 2.05) is 0 Å². The number of amides is 2. The maximum absolute atomic E-state index is 12.7. The van der Waals surface area contributed by atoms with Crippen molar-refractivity contribution in [2.24, 2.45) is 7.05 Å². The molecule has 0 spiro atoms. The summed E-state index contributed by atoms with van der Waals surface area (Å²) in [5.74, 6) is -1.23. The number of halogens is 1. The van der Waals surface area contributed by atoms with E-state index in [1.54, 1.807) is 20.2 Å². The first kappa shape index (κ1) is 21.8. The second kappa shape index (κ2) is 8.63. The third-order valence-electron chi connectivity index (χ3n) is 4.72. The summed E-state index contributed by atoms with van der Waals surface area (Å²) >= 11 is 6.05. The number of nitrogens with one attached hydrogen (secondary N) is 1. The summed E-state index contributed by atoms with van der Waals surface area (Å²) in [5.41, 5.74) is 1.32. The van der Waals surface area contributed by atoms with Gasteiger partial charge in [0.25, 0.3) is 5.91 Å². The van der Waals surface area contributed by atoms with Gasteiger partial charge in [0, 0.05) is 24.8 Å². The van der Waals surface area contributed by atoms with E-state index in [0.29, 0.717) is 22.2 Å². The standard InChI is InChI=1S/C16H17BrN8O4S2/c1-7-9(17)3-24(20-7)4-10(26)18-11-13(27)25-12(15(28)29)8(5-30-14(11)25)6-31-16-19-21-22-23(16)2/h3,11,14H,4-6H2,1-2H3,(H,18,26)(H,28,29)/t11-,14-/m1/s1. The molecular formula is C16H17BrN8O4S2. The summed E-state index contributed by atoms with van der Waals surface area (Å²) in [7, 11) is 1.69. The largest absolute Gasteiger partial charge is 0.477 e. The Morgan fingerprint density at radius 1 is 1.45 bits per heavy atom. The lowest BCUT2D eigenvalue weighted by atomic mass is 10.0. The molecule has 2 N–H and O–H groups in total. The Morgan fingerprint density at radius 2 is 2.23 bits per heavy atom. The molecule has 2 amide bonds. The van der Waals surface area contributed by atoms with Crippen molar-refractivity contribution >= 4 is 57.2 Å². The van der Waals surface area contributed by atoms with Crippen LogP contribution in [0.3, 0.4) is 0 Å². The van der Waals surface area contributed by atoms with Crippen LogP contribution in [-0.2, 0) is 28.0 Å². The van der Waals surface area contributed by atoms with Crippen molar-refractivity contribution in [3.05, 3.63) is 27.6 Å². The molecule has 2 aromatic heterocycles. The number of rotatable bonds is 7. The van der Waals surface area contributed by atoms with E-state index in [1.165, 1.54) is 37.8 Å². The topological polar surface area (TPSA) is 148 Å². The number of carbonyl (C=O) groups is 3. The van der Waals surface area contributed by atoms with Gasteiger partial charge in [0.1, 0.15) is 23.7 Å². The first-order valence-corrected chi connectivity index (χ1v) is 11.8. The molecule has 0 saturated carbocycles. The van der Waals surface area contributed by atoms with Crippen LogP contribution in [0.15, 0.2) is 27.1 Å². The lowest BCUT2D eigenvalue weighted by molar-refractivity contribution is -0.150. The first-order valence-electron chi connectivity index (χ1n) is 9.00. The monoisotopic (exact) mass is 528 g/mol. The fraction of sp³-hybridized carbons (Fsp3) is 0.438. The lowest BCUT2D eigenvalue weighted by Crippen LogP contribution is -2.70. The number of aromatic nitrogens is 6. The summed E-state index contributed by atoms with van der Waals surface area (Å²) in [4.78, 5) is 38.3. The maximum atomic E-state index is 12.7. The molecule has 0 aliphatic carbocycles. The molecule has 0 bridgehead atoms. The number of hydrogen-bond donors (Lipinski definition) is 2. The van der Waals surface area contributed by atoms with Crippen LogP contribution in [0.2, 0.25) is 0 Å². The fourth-order valence-corrected chi connectivity index (χ4v) is 5.88. The highest BCUT2D eigenvalue weighted by molar-refractivity contribution is 9.10. The number of nitrogens with zero attached hydrogens (tertiary/aromatic N) is 7. The Balaban J connectivity index is 1.43. The third kappa shape index (κ3) is 4.21. The predicted molar refractivity (Wildman–Crippen MR) is 114 cm³/mol. The minimum atomic E-state index is -1.17. The van der Waals surface area contributed by atoms with Crippen LogP contribution in [0.1, 0.15) is 5.69 Å². The number of aliphatic carboxylic acids is 1. The van der Waals surface area contributed by atoms with Gasteiger partial charge >= 0.3 is 5.97 Å². The molecule has 1 saturated heterocycles. The van der Waals surface area contributed by atoms with Crippen LogP contribution in [-0.4, -0.2) is 80.7 Å². The Labute approximate surface area is 192 Å². The van der Waals surface area contributed by atoms with Crippen molar-refractivity contribution < 1.29 is 19.5 Å². The summed E-state index contributed by atoms with van der Waals surface area (Å²) in [6, 6.07) is -0.774. The maximum Gasteiger partial charge on any atom is 0.352 e. The molecule has 0 aromatic carbocycles. The van der Waals surface area contributed by atoms with E-state index in [-0.39, 0.29) is 18.1 Å². The minimum absolute atomic E-state index is 0.0338. The zero-order valence-electron chi connectivity index (χ0n) is 16.4. The molecule has 12 nitrogen and oxygen atoms in total. The van der Waals surface area contributed by atoms with E-state index < -0.39 is 23.3 Å². The van der Waals surface area contributed by atoms with Crippen LogP contribution in [0.4, 0.5) is 0 Å². The second-order valence-corrected chi connectivity index (χ2v) is 9.75. The van der Waals surface area contributed by atoms with E-state index >= 15 is 0 Å². The Bertz CT molecular complexity index is 1080. The van der Waals surface area contributed by atoms with Crippen molar-refractivity contribution in [3.8, 4) is 0 Å². The highest BCUT2D eigenvalue weighted by Crippen LogP contribution is 2.41. The highest BCUT2D eigenvalue weighted by atomic mass is 79.9. The molecule has 4 rings (SSSR count). The van der Waals surface area contributed by atoms with E-state index in [4.69, 9.17) is 0 Å². The van der Waals surface area contributed by atoms with Crippen LogP contribution >= 0.6 is 39.5 Å². The van der Waals surface area contributed by atoms with Gasteiger partial charge in [-0.1, -0.05) is 11.8 Å². The van der Waals surface area contributed by atoms with Crippen molar-refractivity contribution in [1.82, 2.24) is 40.2 Å². The van der Waals surface area contributed by atoms with Crippen molar-refractivity contribution in [3.63, 3.8) is 0 Å². The van der Waals surface area contributed by atoms with Gasteiger partial charge in [0.05, 0.1) is 10.2 Å². The molecule has 2 atom stereocenters. The summed E-state index contributed by atoms with van der Waals surface area (Å²) in [5, 5.41) is 27.9. The number of β-lactam (4-membered cyclic amide) rings is 1. The van der Waals surface area contributed by atoms with Gasteiger partial charge in [0.2, 0.25) is 11.1 Å². The molecule has 0 radical (unpaired) electrons. The van der Waals surface area contributed by atoms with Gasteiger partial charge in [-0.2, -0.15) is 5.10 Å². The predicted octanol–water partition coefficient (Wildman–Crippen LogP) is 0.00842. The van der Waals surface area contributed by atoms with E-state index in [2.05, 4.69) is 41.9 Å². The Hall–Kier alpha value is -2.39. The molecule has 0 unspecified atom stereocenters. The lowest BCUT2D eigenvalue weighted by Gasteiger charge is -2.49. The highest BCUT2D eigenvalue weighted by Gasteiger charge is 2.54. The summed E-state index contributed by atoms with van der Waals surface area (Å²) in [6.07, 6.45) is 1.68. The number of aryl methyl sites for hydroxylation is 2. The fourth-order valence-electron chi connectivity index (χ4n) is 3.23. The van der Waals surface area contributed by atoms with E-state index in [9.17, 15) is 19.5 Å². The smallest absolute Gasteiger partial charge is 0.352 e. The second-order valence-electron chi connectivity index (χ2n) is 6.85. The minimum Gasteiger partial charge on any atom is -0.477 e. The molecule has 2 aliphatic heterocycles. The van der Waals surface area contributed by atoms with Gasteiger partial charge in [-0.3, -0.25) is 19.2 Å². The number of carboxylic acids is 1. The van der Waals surface area contributed by atoms with Gasteiger partial charge in [-0.15, -0.1) is 16.9 Å². The quantitative estimate of drug-likeness (QED) is 0.371. The number of fused-ring (bicyclic) bond motifs is 1. The van der Waals surface area contributed by atoms with Gasteiger partial charge in [-0.05, 0) is 38.9 Å². The Kier molecular flexibility index (Phi) is 6.07. The molecule has 1 fully saturated rings. The number of tetrazole rings is 1. The van der Waals surface area contributed by atoms with Gasteiger partial charge in [0.15, 0.2) is 0 Å². The molecule has 2 aliphatic rings. The Morgan fingerprint density at radius 3 is 2.84 bits per heavy atom. The number of hydrogen-bond acceptors (Lipinski definition) is 9. The molecular weight excluding hydrogens is 512 g/mol. The van der Waals surface area contributed by atoms with Crippen LogP contribution in [0, 0.1) is 6.92 Å². The van der Waals surface area contributed by atoms with Crippen molar-refractivity contribution in [2.75, 3.05) is 11.5 Å². The summed E-state index contributed by atoms with van der Waals surface area (Å²) < 4.78 is 3.75. The number of carbonyl (C=O) groups excluding carboxylic acids is 2. The summed E-state index contributed by atoms with van der Waals surface area (Å²) in [6.45, 7) is 1.77. The van der Waals surface area contributed by atoms with Crippen LogP contribution < -0.4 is 5.32 Å². The first-order chi connectivity index (χ1) is 14.8. The van der Waals surface area contributed by atoms with Crippen LogP contribution in [0.5, 0.6) is 0 Å².